The van der Waals surface area contributed by atoms with Gasteiger partial charge in [0, 0.05) is 17.4 Å². The van der Waals surface area contributed by atoms with Crippen LogP contribution in [0.1, 0.15) is 19.8 Å². The maximum absolute atomic E-state index is 12.3. The van der Waals surface area contributed by atoms with Gasteiger partial charge in [-0.3, -0.25) is 4.79 Å². The molecule has 7 nitrogen and oxygen atoms in total. The molecule has 0 aliphatic heterocycles. The molecule has 1 heterocycles. The first kappa shape index (κ1) is 22.4. The number of ether oxygens (including phenoxy) is 4. The van der Waals surface area contributed by atoms with E-state index in [2.05, 4.69) is 10.3 Å². The monoisotopic (exact) mass is 442 g/mol. The Balaban J connectivity index is 1.52. The normalized spacial score (nSPS) is 10.4. The third-order valence-electron chi connectivity index (χ3n) is 4.39. The molecule has 3 aromatic rings. The van der Waals surface area contributed by atoms with Crippen molar-refractivity contribution in [2.24, 2.45) is 0 Å². The molecule has 3 rings (SSSR count). The van der Waals surface area contributed by atoms with Crippen molar-refractivity contribution in [2.45, 2.75) is 19.8 Å². The summed E-state index contributed by atoms with van der Waals surface area (Å²) in [4.78, 5) is 16.8. The minimum atomic E-state index is -0.111. The summed E-state index contributed by atoms with van der Waals surface area (Å²) in [6.07, 6.45) is 0.905. The number of aromatic nitrogens is 1. The number of rotatable bonds is 11. The Kier molecular flexibility index (Phi) is 8.12. The van der Waals surface area contributed by atoms with Crippen LogP contribution in [0.3, 0.4) is 0 Å². The van der Waals surface area contributed by atoms with Crippen molar-refractivity contribution in [1.82, 2.24) is 4.98 Å². The second-order valence-electron chi connectivity index (χ2n) is 6.48. The van der Waals surface area contributed by atoms with Gasteiger partial charge in [0.2, 0.25) is 5.91 Å². The second-order valence-corrected chi connectivity index (χ2v) is 7.34. The van der Waals surface area contributed by atoms with Gasteiger partial charge in [0.05, 0.1) is 33.1 Å². The fraction of sp³-hybridized carbons (Fsp3) is 0.304. The zero-order chi connectivity index (χ0) is 22.1. The Hall–Kier alpha value is -3.26. The van der Waals surface area contributed by atoms with Crippen LogP contribution in [-0.2, 0) is 4.79 Å². The van der Waals surface area contributed by atoms with Crippen molar-refractivity contribution in [3.8, 4) is 34.3 Å². The van der Waals surface area contributed by atoms with Crippen LogP contribution in [-0.4, -0.2) is 38.3 Å². The van der Waals surface area contributed by atoms with E-state index >= 15 is 0 Å². The average molecular weight is 443 g/mol. The number of carbonyl (C=O) groups excluding carboxylic acids is 1. The predicted molar refractivity (Wildman–Crippen MR) is 122 cm³/mol. The summed E-state index contributed by atoms with van der Waals surface area (Å²) < 4.78 is 22.0. The van der Waals surface area contributed by atoms with Crippen LogP contribution in [0.15, 0.2) is 47.8 Å². The molecule has 2 aromatic carbocycles. The molecule has 1 N–H and O–H groups in total. The van der Waals surface area contributed by atoms with Crippen molar-refractivity contribution in [2.75, 3.05) is 32.8 Å². The van der Waals surface area contributed by atoms with E-state index in [9.17, 15) is 4.79 Å². The summed E-state index contributed by atoms with van der Waals surface area (Å²) in [7, 11) is 3.21. The van der Waals surface area contributed by atoms with Crippen LogP contribution in [0.4, 0.5) is 5.13 Å². The number of carbonyl (C=O) groups is 1. The van der Waals surface area contributed by atoms with E-state index in [1.165, 1.54) is 11.3 Å². The van der Waals surface area contributed by atoms with Crippen molar-refractivity contribution in [1.29, 1.82) is 0 Å². The average Bonchev–Trinajstić information content (AvgIpc) is 3.25. The summed E-state index contributed by atoms with van der Waals surface area (Å²) in [5.41, 5.74) is 1.52. The van der Waals surface area contributed by atoms with Gasteiger partial charge in [0.1, 0.15) is 11.5 Å². The van der Waals surface area contributed by atoms with Gasteiger partial charge >= 0.3 is 0 Å². The molecule has 0 bridgehead atoms. The first-order valence-corrected chi connectivity index (χ1v) is 10.8. The Morgan fingerprint density at radius 2 is 1.81 bits per heavy atom. The van der Waals surface area contributed by atoms with Gasteiger partial charge < -0.3 is 24.3 Å². The number of nitrogens with zero attached hydrogens (tertiary/aromatic N) is 1. The summed E-state index contributed by atoms with van der Waals surface area (Å²) in [6, 6.07) is 13.0. The van der Waals surface area contributed by atoms with E-state index in [-0.39, 0.29) is 5.91 Å². The lowest BCUT2D eigenvalue weighted by Crippen LogP contribution is -2.12. The van der Waals surface area contributed by atoms with E-state index in [0.29, 0.717) is 59.9 Å². The number of hydrogen-bond acceptors (Lipinski definition) is 7. The third kappa shape index (κ3) is 6.11. The highest BCUT2D eigenvalue weighted by molar-refractivity contribution is 7.14. The van der Waals surface area contributed by atoms with E-state index in [1.54, 1.807) is 14.2 Å². The number of thiazole rings is 1. The number of nitrogens with one attached hydrogen (secondary N) is 1. The molecule has 0 saturated heterocycles. The highest BCUT2D eigenvalue weighted by Gasteiger charge is 2.13. The Morgan fingerprint density at radius 1 is 1.03 bits per heavy atom. The largest absolute Gasteiger partial charge is 0.497 e. The minimum Gasteiger partial charge on any atom is -0.497 e. The molecular formula is C23H26N2O5S. The molecule has 0 unspecified atom stereocenters. The Labute approximate surface area is 185 Å². The van der Waals surface area contributed by atoms with Gasteiger partial charge in [0.25, 0.3) is 0 Å². The van der Waals surface area contributed by atoms with Crippen LogP contribution in [0.2, 0.25) is 0 Å². The van der Waals surface area contributed by atoms with E-state index < -0.39 is 0 Å². The topological polar surface area (TPSA) is 78.9 Å². The maximum atomic E-state index is 12.3. The Bertz CT molecular complexity index is 1010. The Morgan fingerprint density at radius 3 is 2.52 bits per heavy atom. The van der Waals surface area contributed by atoms with Crippen LogP contribution in [0.25, 0.3) is 11.3 Å². The fourth-order valence-electron chi connectivity index (χ4n) is 2.91. The third-order valence-corrected chi connectivity index (χ3v) is 5.15. The number of para-hydroxylation sites is 2. The van der Waals surface area contributed by atoms with Gasteiger partial charge in [-0.25, -0.2) is 4.98 Å². The van der Waals surface area contributed by atoms with E-state index in [0.717, 1.165) is 5.56 Å². The molecule has 0 fully saturated rings. The molecule has 0 atom stereocenters. The van der Waals surface area contributed by atoms with Crippen molar-refractivity contribution < 1.29 is 23.7 Å². The molecular weight excluding hydrogens is 416 g/mol. The van der Waals surface area contributed by atoms with Gasteiger partial charge in [-0.05, 0) is 43.7 Å². The lowest BCUT2D eigenvalue weighted by molar-refractivity contribution is -0.116. The summed E-state index contributed by atoms with van der Waals surface area (Å²) in [6.45, 7) is 2.91. The predicted octanol–water partition coefficient (Wildman–Crippen LogP) is 5.02. The van der Waals surface area contributed by atoms with E-state index in [1.807, 2.05) is 54.8 Å². The van der Waals surface area contributed by atoms with Crippen molar-refractivity contribution in [3.05, 3.63) is 47.8 Å². The molecule has 0 radical (unpaired) electrons. The number of anilines is 1. The number of methoxy groups -OCH3 is 2. The smallest absolute Gasteiger partial charge is 0.226 e. The van der Waals surface area contributed by atoms with Crippen LogP contribution in [0, 0.1) is 0 Å². The quantitative estimate of drug-likeness (QED) is 0.420. The highest BCUT2D eigenvalue weighted by Crippen LogP contribution is 2.35. The molecule has 0 spiro atoms. The lowest BCUT2D eigenvalue weighted by Gasteiger charge is -2.11. The second kappa shape index (κ2) is 11.2. The summed E-state index contributed by atoms with van der Waals surface area (Å²) in [5, 5.41) is 5.26. The lowest BCUT2D eigenvalue weighted by atomic mass is 10.1. The molecule has 164 valence electrons. The number of amides is 1. The number of hydrogen-bond donors (Lipinski definition) is 1. The number of benzene rings is 2. The zero-order valence-corrected chi connectivity index (χ0v) is 18.7. The fourth-order valence-corrected chi connectivity index (χ4v) is 3.64. The van der Waals surface area contributed by atoms with Crippen LogP contribution < -0.4 is 24.3 Å². The van der Waals surface area contributed by atoms with Gasteiger partial charge in [-0.1, -0.05) is 12.1 Å². The van der Waals surface area contributed by atoms with Gasteiger partial charge in [0.15, 0.2) is 16.6 Å². The highest BCUT2D eigenvalue weighted by atomic mass is 32.1. The molecule has 1 amide bonds. The standard InChI is InChI=1S/C23H26N2O5S/c1-4-29-20-8-5-6-9-21(20)30-13-7-10-22(26)25-23-24-18(15-31-23)17-14-16(27-2)11-12-19(17)28-3/h5-6,8-9,11-12,14-15H,4,7,10,13H2,1-3H3,(H,24,25,26). The maximum Gasteiger partial charge on any atom is 0.226 e. The molecule has 1 aromatic heterocycles. The molecule has 0 aliphatic carbocycles. The van der Waals surface area contributed by atoms with Crippen molar-refractivity contribution in [3.63, 3.8) is 0 Å². The minimum absolute atomic E-state index is 0.111. The first-order valence-electron chi connectivity index (χ1n) is 9.97. The van der Waals surface area contributed by atoms with E-state index in [4.69, 9.17) is 18.9 Å². The zero-order valence-electron chi connectivity index (χ0n) is 17.8. The molecule has 8 heteroatoms. The molecule has 0 aliphatic rings. The van der Waals surface area contributed by atoms with Crippen LogP contribution >= 0.6 is 11.3 Å². The summed E-state index contributed by atoms with van der Waals surface area (Å²) in [5.74, 6) is 2.67. The SMILES string of the molecule is CCOc1ccccc1OCCCC(=O)Nc1nc(-c2cc(OC)ccc2OC)cs1. The first-order chi connectivity index (χ1) is 15.1. The van der Waals surface area contributed by atoms with Crippen LogP contribution in [0.5, 0.6) is 23.0 Å². The molecule has 0 saturated carbocycles. The molecule has 31 heavy (non-hydrogen) atoms. The van der Waals surface area contributed by atoms with Gasteiger partial charge in [-0.15, -0.1) is 11.3 Å². The summed E-state index contributed by atoms with van der Waals surface area (Å²) >= 11 is 1.36. The van der Waals surface area contributed by atoms with Crippen molar-refractivity contribution >= 4 is 22.4 Å². The van der Waals surface area contributed by atoms with Gasteiger partial charge in [-0.2, -0.15) is 0 Å².